The van der Waals surface area contributed by atoms with Gasteiger partial charge in [-0.25, -0.2) is 17.5 Å². The number of aliphatic carboxylic acids is 1. The largest absolute Gasteiger partial charge is 0.481 e. The van der Waals surface area contributed by atoms with E-state index < -0.39 is 22.0 Å². The highest BCUT2D eigenvalue weighted by molar-refractivity contribution is 7.89. The number of carbonyl (C=O) groups excluding carboxylic acids is 1. The zero-order chi connectivity index (χ0) is 17.1. The number of carbonyl (C=O) groups is 2. The van der Waals surface area contributed by atoms with Crippen molar-refractivity contribution in [2.75, 3.05) is 20.7 Å². The van der Waals surface area contributed by atoms with Gasteiger partial charge in [0.25, 0.3) is 0 Å². The maximum Gasteiger partial charge on any atom is 0.337 e. The molecule has 0 radical (unpaired) electrons. The first-order chi connectivity index (χ1) is 10.1. The number of carboxylic acids is 1. The molecule has 0 saturated carbocycles. The summed E-state index contributed by atoms with van der Waals surface area (Å²) >= 11 is 5.97. The van der Waals surface area contributed by atoms with Crippen LogP contribution in [0.1, 0.15) is 22.3 Å². The number of ether oxygens (including phenoxy) is 1. The number of carboxylic acid groups (broad SMARTS) is 1. The Morgan fingerprint density at radius 1 is 1.36 bits per heavy atom. The second kappa shape index (κ2) is 7.08. The van der Waals surface area contributed by atoms with Gasteiger partial charge in [-0.15, -0.1) is 0 Å². The minimum Gasteiger partial charge on any atom is -0.481 e. The van der Waals surface area contributed by atoms with Crippen LogP contribution in [0.25, 0.3) is 0 Å². The fourth-order valence-corrected chi connectivity index (χ4v) is 3.41. The summed E-state index contributed by atoms with van der Waals surface area (Å²) in [5.74, 6) is -1.83. The van der Waals surface area contributed by atoms with E-state index in [4.69, 9.17) is 16.7 Å². The molecular formula is C13H16ClNO6S. The number of halogens is 1. The molecule has 0 fully saturated rings. The molecule has 1 aromatic rings. The number of methoxy groups -OCH3 is 1. The zero-order valence-corrected chi connectivity index (χ0v) is 13.9. The van der Waals surface area contributed by atoms with Crippen molar-refractivity contribution in [1.82, 2.24) is 4.31 Å². The molecule has 0 aliphatic carbocycles. The van der Waals surface area contributed by atoms with Gasteiger partial charge >= 0.3 is 11.9 Å². The number of hydrogen-bond acceptors (Lipinski definition) is 5. The summed E-state index contributed by atoms with van der Waals surface area (Å²) in [6.45, 7) is 1.30. The van der Waals surface area contributed by atoms with E-state index in [-0.39, 0.29) is 34.0 Å². The van der Waals surface area contributed by atoms with Crippen LogP contribution in [0.4, 0.5) is 0 Å². The van der Waals surface area contributed by atoms with Gasteiger partial charge in [0.2, 0.25) is 10.0 Å². The van der Waals surface area contributed by atoms with Crippen LogP contribution in [0.3, 0.4) is 0 Å². The summed E-state index contributed by atoms with van der Waals surface area (Å²) in [7, 11) is -1.54. The molecule has 0 aliphatic rings. The monoisotopic (exact) mass is 349 g/mol. The van der Waals surface area contributed by atoms with Crippen LogP contribution in [-0.4, -0.2) is 50.5 Å². The number of hydrogen-bond donors (Lipinski definition) is 1. The summed E-state index contributed by atoms with van der Waals surface area (Å²) < 4.78 is 30.5. The standard InChI is InChI=1S/C13H16ClNO6S/c1-8-10(14)6-9(13(18)21-3)7-11(8)22(19,20)15(2)5-4-12(16)17/h6-7H,4-5H2,1-3H3,(H,16,17). The van der Waals surface area contributed by atoms with Gasteiger partial charge in [-0.05, 0) is 24.6 Å². The van der Waals surface area contributed by atoms with E-state index in [0.717, 1.165) is 4.31 Å². The van der Waals surface area contributed by atoms with Crippen molar-refractivity contribution in [2.45, 2.75) is 18.2 Å². The Morgan fingerprint density at radius 2 is 1.95 bits per heavy atom. The molecule has 0 heterocycles. The maximum atomic E-state index is 12.5. The van der Waals surface area contributed by atoms with Gasteiger partial charge in [0.05, 0.1) is 24.0 Å². The number of rotatable bonds is 6. The maximum absolute atomic E-state index is 12.5. The van der Waals surface area contributed by atoms with Gasteiger partial charge in [0, 0.05) is 18.6 Å². The third-order valence-corrected chi connectivity index (χ3v) is 5.42. The molecule has 0 amide bonds. The second-order valence-electron chi connectivity index (χ2n) is 4.54. The van der Waals surface area contributed by atoms with Gasteiger partial charge in [-0.2, -0.15) is 0 Å². The fourth-order valence-electron chi connectivity index (χ4n) is 1.70. The van der Waals surface area contributed by atoms with Gasteiger partial charge < -0.3 is 9.84 Å². The number of sulfonamides is 1. The van der Waals surface area contributed by atoms with Gasteiger partial charge in [0.1, 0.15) is 0 Å². The average molecular weight is 350 g/mol. The van der Waals surface area contributed by atoms with Crippen LogP contribution in [0, 0.1) is 6.92 Å². The Balaban J connectivity index is 3.31. The van der Waals surface area contributed by atoms with Crippen molar-refractivity contribution in [1.29, 1.82) is 0 Å². The molecule has 0 unspecified atom stereocenters. The molecule has 122 valence electrons. The van der Waals surface area contributed by atoms with Crippen molar-refractivity contribution >= 4 is 33.6 Å². The lowest BCUT2D eigenvalue weighted by atomic mass is 10.1. The van der Waals surface area contributed by atoms with E-state index >= 15 is 0 Å². The van der Waals surface area contributed by atoms with E-state index in [9.17, 15) is 18.0 Å². The molecule has 0 spiro atoms. The second-order valence-corrected chi connectivity index (χ2v) is 6.96. The van der Waals surface area contributed by atoms with E-state index in [2.05, 4.69) is 4.74 Å². The topological polar surface area (TPSA) is 101 Å². The Kier molecular flexibility index (Phi) is 5.92. The first-order valence-electron chi connectivity index (χ1n) is 6.17. The molecule has 0 saturated heterocycles. The highest BCUT2D eigenvalue weighted by Crippen LogP contribution is 2.27. The zero-order valence-electron chi connectivity index (χ0n) is 12.3. The lowest BCUT2D eigenvalue weighted by Crippen LogP contribution is -2.30. The molecule has 7 nitrogen and oxygen atoms in total. The summed E-state index contributed by atoms with van der Waals surface area (Å²) in [6, 6.07) is 2.48. The van der Waals surface area contributed by atoms with Gasteiger partial charge in [0.15, 0.2) is 0 Å². The van der Waals surface area contributed by atoms with Crippen LogP contribution < -0.4 is 0 Å². The van der Waals surface area contributed by atoms with E-state index in [0.29, 0.717) is 0 Å². The van der Waals surface area contributed by atoms with Crippen LogP contribution >= 0.6 is 11.6 Å². The average Bonchev–Trinajstić information content (AvgIpc) is 2.45. The van der Waals surface area contributed by atoms with Crippen molar-refractivity contribution in [3.63, 3.8) is 0 Å². The third kappa shape index (κ3) is 3.96. The predicted octanol–water partition coefficient (Wildman–Crippen LogP) is 1.53. The van der Waals surface area contributed by atoms with E-state index in [1.807, 2.05) is 0 Å². The highest BCUT2D eigenvalue weighted by Gasteiger charge is 2.26. The molecule has 0 aliphatic heterocycles. The van der Waals surface area contributed by atoms with Gasteiger partial charge in [-0.1, -0.05) is 11.6 Å². The lowest BCUT2D eigenvalue weighted by molar-refractivity contribution is -0.137. The number of nitrogens with zero attached hydrogens (tertiary/aromatic N) is 1. The summed E-state index contributed by atoms with van der Waals surface area (Å²) in [4.78, 5) is 22.0. The minimum atomic E-state index is -3.97. The molecule has 1 rings (SSSR count). The molecule has 0 atom stereocenters. The quantitative estimate of drug-likeness (QED) is 0.781. The van der Waals surface area contributed by atoms with E-state index in [1.165, 1.54) is 33.2 Å². The number of benzene rings is 1. The first-order valence-corrected chi connectivity index (χ1v) is 7.99. The van der Waals surface area contributed by atoms with E-state index in [1.54, 1.807) is 0 Å². The normalized spacial score (nSPS) is 11.5. The molecule has 9 heteroatoms. The molecule has 0 aromatic heterocycles. The number of esters is 1. The molecular weight excluding hydrogens is 334 g/mol. The summed E-state index contributed by atoms with van der Waals surface area (Å²) in [6.07, 6.45) is -0.334. The van der Waals surface area contributed by atoms with Crippen LogP contribution in [0.15, 0.2) is 17.0 Å². The summed E-state index contributed by atoms with van der Waals surface area (Å²) in [5.41, 5.74) is 0.278. The van der Waals surface area contributed by atoms with Gasteiger partial charge in [-0.3, -0.25) is 4.79 Å². The SMILES string of the molecule is COC(=O)c1cc(Cl)c(C)c(S(=O)(=O)N(C)CCC(=O)O)c1. The summed E-state index contributed by atoms with van der Waals surface area (Å²) in [5, 5.41) is 8.75. The smallest absolute Gasteiger partial charge is 0.337 e. The van der Waals surface area contributed by atoms with Crippen molar-refractivity contribution < 1.29 is 27.9 Å². The van der Waals surface area contributed by atoms with Crippen molar-refractivity contribution in [3.8, 4) is 0 Å². The predicted molar refractivity (Wildman–Crippen MR) is 79.6 cm³/mol. The highest BCUT2D eigenvalue weighted by atomic mass is 35.5. The van der Waals surface area contributed by atoms with Crippen LogP contribution in [0.2, 0.25) is 5.02 Å². The Labute approximate surface area is 133 Å². The van der Waals surface area contributed by atoms with Crippen LogP contribution in [-0.2, 0) is 19.6 Å². The van der Waals surface area contributed by atoms with Crippen molar-refractivity contribution in [3.05, 3.63) is 28.3 Å². The minimum absolute atomic E-state index is 0.00306. The third-order valence-electron chi connectivity index (χ3n) is 3.05. The Hall–Kier alpha value is -1.64. The molecule has 22 heavy (non-hydrogen) atoms. The van der Waals surface area contributed by atoms with Crippen LogP contribution in [0.5, 0.6) is 0 Å². The Morgan fingerprint density at radius 3 is 2.45 bits per heavy atom. The molecule has 1 N–H and O–H groups in total. The molecule has 0 bridgehead atoms. The first kappa shape index (κ1) is 18.4. The lowest BCUT2D eigenvalue weighted by Gasteiger charge is -2.18. The fraction of sp³-hybridized carbons (Fsp3) is 0.385. The van der Waals surface area contributed by atoms with Crippen molar-refractivity contribution in [2.24, 2.45) is 0 Å². The Bertz CT molecular complexity index is 701. The molecule has 1 aromatic carbocycles.